The Morgan fingerprint density at radius 2 is 2.04 bits per heavy atom. The molecule has 5 nitrogen and oxygen atoms in total. The number of H-pyrrole nitrogens is 1. The van der Waals surface area contributed by atoms with E-state index in [0.717, 1.165) is 41.2 Å². The zero-order valence-corrected chi connectivity index (χ0v) is 14.4. The second-order valence-corrected chi connectivity index (χ2v) is 5.76. The standard InChI is InChI=1S/C17H20N4OS/c1-4-8-14-18-11(3)15-17(23)19-16(20-21(14)15)12-9-6-7-10-13(12)22-5-2/h6-7,9-10H,4-5,8H2,1-3H3,(H,19,20,23). The predicted molar refractivity (Wildman–Crippen MR) is 93.5 cm³/mol. The number of para-hydroxylation sites is 1. The molecule has 3 rings (SSSR count). The maximum atomic E-state index is 5.71. The number of hydrogen-bond acceptors (Lipinski definition) is 4. The number of aryl methyl sites for hydroxylation is 2. The van der Waals surface area contributed by atoms with Crippen LogP contribution in [-0.2, 0) is 6.42 Å². The first kappa shape index (κ1) is 15.7. The first-order valence-electron chi connectivity index (χ1n) is 7.86. The minimum absolute atomic E-state index is 0.602. The van der Waals surface area contributed by atoms with Crippen LogP contribution in [0.4, 0.5) is 0 Å². The van der Waals surface area contributed by atoms with Crippen LogP contribution < -0.4 is 4.74 Å². The van der Waals surface area contributed by atoms with Crippen molar-refractivity contribution in [1.82, 2.24) is 19.6 Å². The zero-order chi connectivity index (χ0) is 16.4. The van der Waals surface area contributed by atoms with E-state index in [-0.39, 0.29) is 0 Å². The highest BCUT2D eigenvalue weighted by Crippen LogP contribution is 2.27. The molecule has 0 aliphatic carbocycles. The van der Waals surface area contributed by atoms with Gasteiger partial charge in [0.1, 0.15) is 21.7 Å². The molecule has 0 amide bonds. The van der Waals surface area contributed by atoms with Crippen LogP contribution in [0.25, 0.3) is 16.9 Å². The molecule has 0 fully saturated rings. The average molecular weight is 328 g/mol. The zero-order valence-electron chi connectivity index (χ0n) is 13.6. The highest BCUT2D eigenvalue weighted by molar-refractivity contribution is 7.71. The van der Waals surface area contributed by atoms with Gasteiger partial charge < -0.3 is 9.72 Å². The lowest BCUT2D eigenvalue weighted by Crippen LogP contribution is -2.04. The Kier molecular flexibility index (Phi) is 4.43. The number of aromatic amines is 1. The SMILES string of the molecule is CCCc1nc(C)c2c(=S)[nH]c(-c3ccccc3OCC)nn12. The topological polar surface area (TPSA) is 55.2 Å². The van der Waals surface area contributed by atoms with Crippen LogP contribution in [0.5, 0.6) is 5.75 Å². The molecule has 0 unspecified atom stereocenters. The lowest BCUT2D eigenvalue weighted by Gasteiger charge is -2.10. The Balaban J connectivity index is 2.24. The first-order valence-corrected chi connectivity index (χ1v) is 8.27. The molecule has 1 N–H and O–H groups in total. The van der Waals surface area contributed by atoms with Crippen molar-refractivity contribution in [1.29, 1.82) is 0 Å². The third kappa shape index (κ3) is 2.86. The molecule has 120 valence electrons. The number of fused-ring (bicyclic) bond motifs is 1. The largest absolute Gasteiger partial charge is 0.493 e. The molecular formula is C17H20N4OS. The molecular weight excluding hydrogens is 308 g/mol. The maximum Gasteiger partial charge on any atom is 0.163 e. The predicted octanol–water partition coefficient (Wildman–Crippen LogP) is 4.11. The van der Waals surface area contributed by atoms with Gasteiger partial charge >= 0.3 is 0 Å². The minimum atomic E-state index is 0.602. The lowest BCUT2D eigenvalue weighted by molar-refractivity contribution is 0.341. The van der Waals surface area contributed by atoms with Gasteiger partial charge in [0.15, 0.2) is 5.82 Å². The van der Waals surface area contributed by atoms with Crippen LogP contribution in [0.3, 0.4) is 0 Å². The molecule has 0 atom stereocenters. The van der Waals surface area contributed by atoms with Gasteiger partial charge in [-0.05, 0) is 32.4 Å². The first-order chi connectivity index (χ1) is 11.2. The fourth-order valence-electron chi connectivity index (χ4n) is 2.69. The monoisotopic (exact) mass is 328 g/mol. The van der Waals surface area contributed by atoms with Crippen LogP contribution in [0.1, 0.15) is 31.8 Å². The number of nitrogens with zero attached hydrogens (tertiary/aromatic N) is 3. The third-order valence-electron chi connectivity index (χ3n) is 3.66. The molecule has 2 heterocycles. The second kappa shape index (κ2) is 6.50. The summed E-state index contributed by atoms with van der Waals surface area (Å²) in [5, 5.41) is 4.74. The average Bonchev–Trinajstić information content (AvgIpc) is 2.85. The molecule has 1 aromatic carbocycles. The van der Waals surface area contributed by atoms with Crippen molar-refractivity contribution in [2.75, 3.05) is 6.61 Å². The van der Waals surface area contributed by atoms with Crippen LogP contribution in [0, 0.1) is 11.6 Å². The lowest BCUT2D eigenvalue weighted by atomic mass is 10.2. The summed E-state index contributed by atoms with van der Waals surface area (Å²) in [6, 6.07) is 7.83. The maximum absolute atomic E-state index is 5.71. The summed E-state index contributed by atoms with van der Waals surface area (Å²) in [6.45, 7) is 6.67. The molecule has 0 saturated carbocycles. The minimum Gasteiger partial charge on any atom is -0.493 e. The Morgan fingerprint density at radius 3 is 2.78 bits per heavy atom. The molecule has 2 aromatic heterocycles. The third-order valence-corrected chi connectivity index (χ3v) is 3.95. The number of aromatic nitrogens is 4. The van der Waals surface area contributed by atoms with Crippen molar-refractivity contribution in [3.8, 4) is 17.1 Å². The Hall–Kier alpha value is -2.21. The Bertz CT molecular complexity index is 897. The van der Waals surface area contributed by atoms with Crippen LogP contribution >= 0.6 is 12.2 Å². The Labute approximate surface area is 140 Å². The van der Waals surface area contributed by atoms with E-state index in [2.05, 4.69) is 16.9 Å². The van der Waals surface area contributed by atoms with Gasteiger partial charge in [-0.3, -0.25) is 0 Å². The van der Waals surface area contributed by atoms with E-state index in [1.807, 2.05) is 42.6 Å². The number of rotatable bonds is 5. The molecule has 0 spiro atoms. The molecule has 6 heteroatoms. The molecule has 0 aliphatic rings. The quantitative estimate of drug-likeness (QED) is 0.716. The van der Waals surface area contributed by atoms with Gasteiger partial charge in [-0.1, -0.05) is 31.3 Å². The van der Waals surface area contributed by atoms with E-state index in [9.17, 15) is 0 Å². The smallest absolute Gasteiger partial charge is 0.163 e. The van der Waals surface area contributed by atoms with Crippen LogP contribution in [0.2, 0.25) is 0 Å². The molecule has 0 bridgehead atoms. The molecule has 3 aromatic rings. The van der Waals surface area contributed by atoms with E-state index in [1.165, 1.54) is 0 Å². The Morgan fingerprint density at radius 1 is 1.26 bits per heavy atom. The summed E-state index contributed by atoms with van der Waals surface area (Å²) >= 11 is 5.54. The highest BCUT2D eigenvalue weighted by atomic mass is 32.1. The summed E-state index contributed by atoms with van der Waals surface area (Å²) in [7, 11) is 0. The highest BCUT2D eigenvalue weighted by Gasteiger charge is 2.14. The fourth-order valence-corrected chi connectivity index (χ4v) is 3.02. The summed E-state index contributed by atoms with van der Waals surface area (Å²) in [5.74, 6) is 2.43. The number of ether oxygens (including phenoxy) is 1. The van der Waals surface area contributed by atoms with Gasteiger partial charge in [-0.2, -0.15) is 0 Å². The number of hydrogen-bond donors (Lipinski definition) is 1. The van der Waals surface area contributed by atoms with Gasteiger partial charge in [0.2, 0.25) is 0 Å². The van der Waals surface area contributed by atoms with Crippen molar-refractivity contribution in [2.45, 2.75) is 33.6 Å². The van der Waals surface area contributed by atoms with Crippen molar-refractivity contribution in [3.63, 3.8) is 0 Å². The molecule has 0 aliphatic heterocycles. The summed E-state index contributed by atoms with van der Waals surface area (Å²) < 4.78 is 8.23. The van der Waals surface area contributed by atoms with Gasteiger partial charge in [0.05, 0.1) is 17.9 Å². The van der Waals surface area contributed by atoms with Crippen molar-refractivity contribution < 1.29 is 4.74 Å². The fraction of sp³-hybridized carbons (Fsp3) is 0.353. The van der Waals surface area contributed by atoms with Crippen LogP contribution in [0.15, 0.2) is 24.3 Å². The van der Waals surface area contributed by atoms with Gasteiger partial charge in [-0.25, -0.2) is 9.50 Å². The molecule has 23 heavy (non-hydrogen) atoms. The number of nitrogens with one attached hydrogen (secondary N) is 1. The van der Waals surface area contributed by atoms with Crippen LogP contribution in [-0.4, -0.2) is 26.2 Å². The summed E-state index contributed by atoms with van der Waals surface area (Å²) in [5.41, 5.74) is 2.68. The van der Waals surface area contributed by atoms with E-state index < -0.39 is 0 Å². The van der Waals surface area contributed by atoms with Crippen molar-refractivity contribution >= 4 is 17.7 Å². The van der Waals surface area contributed by atoms with Crippen molar-refractivity contribution in [2.24, 2.45) is 0 Å². The van der Waals surface area contributed by atoms with E-state index in [0.29, 0.717) is 17.1 Å². The van der Waals surface area contributed by atoms with Gasteiger partial charge in [-0.15, -0.1) is 5.10 Å². The molecule has 0 saturated heterocycles. The van der Waals surface area contributed by atoms with E-state index in [4.69, 9.17) is 22.1 Å². The second-order valence-electron chi connectivity index (χ2n) is 5.36. The summed E-state index contributed by atoms with van der Waals surface area (Å²) in [4.78, 5) is 7.84. The van der Waals surface area contributed by atoms with E-state index in [1.54, 1.807) is 0 Å². The number of benzene rings is 1. The van der Waals surface area contributed by atoms with Gasteiger partial charge in [0, 0.05) is 6.42 Å². The van der Waals surface area contributed by atoms with Crippen molar-refractivity contribution in [3.05, 3.63) is 40.4 Å². The number of imidazole rings is 1. The normalized spacial score (nSPS) is 11.1. The van der Waals surface area contributed by atoms with Gasteiger partial charge in [0.25, 0.3) is 0 Å². The van der Waals surface area contributed by atoms with E-state index >= 15 is 0 Å². The summed E-state index contributed by atoms with van der Waals surface area (Å²) in [6.07, 6.45) is 1.88. The molecule has 0 radical (unpaired) electrons.